The van der Waals surface area contributed by atoms with Crippen LogP contribution in [0.4, 0.5) is 22.4 Å². The Hall–Kier alpha value is -4.75. The van der Waals surface area contributed by atoms with E-state index in [1.165, 1.54) is 0 Å². The van der Waals surface area contributed by atoms with Crippen molar-refractivity contribution in [2.75, 3.05) is 44.6 Å². The Bertz CT molecular complexity index is 1490. The molecule has 2 amide bonds. The number of nitrogens with one attached hydrogen (secondary N) is 1. The number of amides is 2. The molecule has 14 heteroatoms. The SMILES string of the molecule is COc1cc(-n2cnc(Nc3nc4c(c(N5CCCC5C(N)=O)n3)CN(C(=O)OC(C)(C)C)CC4)c2)cc(OC)c1OC. The first-order valence-electron chi connectivity index (χ1n) is 14.1. The lowest BCUT2D eigenvalue weighted by atomic mass is 10.1. The number of benzene rings is 1. The van der Waals surface area contributed by atoms with Gasteiger partial charge in [0.1, 0.15) is 23.8 Å². The molecule has 4 heterocycles. The lowest BCUT2D eigenvalue weighted by Crippen LogP contribution is -2.44. The Morgan fingerprint density at radius 3 is 2.40 bits per heavy atom. The van der Waals surface area contributed by atoms with Gasteiger partial charge in [-0.3, -0.25) is 4.79 Å². The molecule has 1 atom stereocenters. The number of primary amides is 1. The third-order valence-corrected chi connectivity index (χ3v) is 7.31. The average Bonchev–Trinajstić information content (AvgIpc) is 3.65. The number of rotatable bonds is 8. The fourth-order valence-corrected chi connectivity index (χ4v) is 5.35. The number of hydrogen-bond acceptors (Lipinski definition) is 11. The number of nitrogens with two attached hydrogens (primary N) is 1. The number of aromatic nitrogens is 4. The van der Waals surface area contributed by atoms with Gasteiger partial charge in [0.2, 0.25) is 17.6 Å². The molecule has 5 rings (SSSR count). The Morgan fingerprint density at radius 2 is 1.77 bits per heavy atom. The molecule has 1 unspecified atom stereocenters. The maximum atomic E-state index is 12.9. The first kappa shape index (κ1) is 29.7. The average molecular weight is 595 g/mol. The molecule has 43 heavy (non-hydrogen) atoms. The zero-order chi connectivity index (χ0) is 30.9. The van der Waals surface area contributed by atoms with Crippen molar-refractivity contribution in [2.45, 2.75) is 58.2 Å². The van der Waals surface area contributed by atoms with Gasteiger partial charge in [-0.2, -0.15) is 4.98 Å². The molecule has 0 saturated carbocycles. The Labute approximate surface area is 250 Å². The Morgan fingerprint density at radius 1 is 1.05 bits per heavy atom. The zero-order valence-corrected chi connectivity index (χ0v) is 25.3. The molecule has 14 nitrogen and oxygen atoms in total. The molecule has 1 fully saturated rings. The van der Waals surface area contributed by atoms with E-state index in [-0.39, 0.29) is 6.54 Å². The minimum Gasteiger partial charge on any atom is -0.493 e. The van der Waals surface area contributed by atoms with Crippen LogP contribution in [-0.4, -0.2) is 82.5 Å². The summed E-state index contributed by atoms with van der Waals surface area (Å²) in [7, 11) is 4.67. The van der Waals surface area contributed by atoms with Crippen LogP contribution in [0.5, 0.6) is 17.2 Å². The van der Waals surface area contributed by atoms with Crippen LogP contribution < -0.4 is 30.2 Å². The molecular formula is C29H38N8O6. The van der Waals surface area contributed by atoms with Crippen molar-refractivity contribution >= 4 is 29.6 Å². The number of carbonyl (C=O) groups excluding carboxylic acids is 2. The fraction of sp³-hybridized carbons (Fsp3) is 0.483. The summed E-state index contributed by atoms with van der Waals surface area (Å²) in [5.74, 6) is 2.50. The summed E-state index contributed by atoms with van der Waals surface area (Å²) < 4.78 is 23.8. The van der Waals surface area contributed by atoms with Gasteiger partial charge >= 0.3 is 6.09 Å². The molecule has 1 aromatic carbocycles. The summed E-state index contributed by atoms with van der Waals surface area (Å²) in [4.78, 5) is 42.9. The number of anilines is 3. The predicted octanol–water partition coefficient (Wildman–Crippen LogP) is 3.18. The minimum atomic E-state index is -0.623. The fourth-order valence-electron chi connectivity index (χ4n) is 5.35. The normalized spacial score (nSPS) is 16.5. The van der Waals surface area contributed by atoms with Crippen molar-refractivity contribution < 1.29 is 28.5 Å². The Balaban J connectivity index is 1.47. The topological polar surface area (TPSA) is 159 Å². The number of hydrogen-bond donors (Lipinski definition) is 2. The van der Waals surface area contributed by atoms with E-state index in [2.05, 4.69) is 10.3 Å². The van der Waals surface area contributed by atoms with Crippen molar-refractivity contribution in [3.8, 4) is 22.9 Å². The van der Waals surface area contributed by atoms with E-state index >= 15 is 0 Å². The van der Waals surface area contributed by atoms with E-state index < -0.39 is 23.6 Å². The van der Waals surface area contributed by atoms with Crippen LogP contribution in [0.1, 0.15) is 44.9 Å². The van der Waals surface area contributed by atoms with Gasteiger partial charge in [0.25, 0.3) is 0 Å². The molecule has 2 aliphatic heterocycles. The smallest absolute Gasteiger partial charge is 0.410 e. The van der Waals surface area contributed by atoms with E-state index in [9.17, 15) is 9.59 Å². The molecular weight excluding hydrogens is 556 g/mol. The minimum absolute atomic E-state index is 0.262. The van der Waals surface area contributed by atoms with Crippen molar-refractivity contribution in [1.29, 1.82) is 0 Å². The molecule has 0 bridgehead atoms. The zero-order valence-electron chi connectivity index (χ0n) is 25.3. The molecule has 2 aliphatic rings. The van der Waals surface area contributed by atoms with E-state index in [0.29, 0.717) is 60.8 Å². The lowest BCUT2D eigenvalue weighted by molar-refractivity contribution is -0.119. The third-order valence-electron chi connectivity index (χ3n) is 7.31. The van der Waals surface area contributed by atoms with E-state index in [4.69, 9.17) is 34.6 Å². The van der Waals surface area contributed by atoms with Gasteiger partial charge in [0, 0.05) is 37.2 Å². The number of methoxy groups -OCH3 is 3. The summed E-state index contributed by atoms with van der Waals surface area (Å²) >= 11 is 0. The number of fused-ring (bicyclic) bond motifs is 1. The van der Waals surface area contributed by atoms with Gasteiger partial charge in [0.15, 0.2) is 17.3 Å². The summed E-state index contributed by atoms with van der Waals surface area (Å²) in [5, 5.41) is 3.21. The number of ether oxygens (including phenoxy) is 4. The molecule has 230 valence electrons. The highest BCUT2D eigenvalue weighted by atomic mass is 16.6. The van der Waals surface area contributed by atoms with Crippen LogP contribution in [-0.2, 0) is 22.5 Å². The van der Waals surface area contributed by atoms with Crippen molar-refractivity contribution in [2.24, 2.45) is 5.73 Å². The lowest BCUT2D eigenvalue weighted by Gasteiger charge is -2.34. The van der Waals surface area contributed by atoms with Crippen molar-refractivity contribution in [3.05, 3.63) is 35.9 Å². The van der Waals surface area contributed by atoms with Crippen LogP contribution in [0.25, 0.3) is 5.69 Å². The van der Waals surface area contributed by atoms with Gasteiger partial charge < -0.3 is 44.4 Å². The van der Waals surface area contributed by atoms with E-state index in [1.54, 1.807) is 43.3 Å². The molecule has 0 radical (unpaired) electrons. The summed E-state index contributed by atoms with van der Waals surface area (Å²) in [6.45, 7) is 6.81. The molecule has 3 N–H and O–H groups in total. The number of nitrogens with zero attached hydrogens (tertiary/aromatic N) is 6. The van der Waals surface area contributed by atoms with Gasteiger partial charge in [0.05, 0.1) is 45.5 Å². The van der Waals surface area contributed by atoms with E-state index in [0.717, 1.165) is 23.4 Å². The highest BCUT2D eigenvalue weighted by Crippen LogP contribution is 2.39. The van der Waals surface area contributed by atoms with Gasteiger partial charge in [-0.25, -0.2) is 14.8 Å². The molecule has 0 spiro atoms. The predicted molar refractivity (Wildman–Crippen MR) is 158 cm³/mol. The molecule has 0 aliphatic carbocycles. The molecule has 1 saturated heterocycles. The van der Waals surface area contributed by atoms with Crippen LogP contribution in [0.15, 0.2) is 24.7 Å². The van der Waals surface area contributed by atoms with Crippen LogP contribution >= 0.6 is 0 Å². The second kappa shape index (κ2) is 11.9. The third kappa shape index (κ3) is 6.22. The monoisotopic (exact) mass is 594 g/mol. The van der Waals surface area contributed by atoms with Gasteiger partial charge in [-0.15, -0.1) is 0 Å². The second-order valence-corrected chi connectivity index (χ2v) is 11.4. The molecule has 3 aromatic rings. The highest BCUT2D eigenvalue weighted by Gasteiger charge is 2.36. The Kier molecular flexibility index (Phi) is 8.20. The standard InChI is InChI=1S/C29H38N8O6/c1-29(2,3)43-28(39)35-11-9-19-18(14-35)26(37-10-7-8-20(37)25(30)38)34-27(32-19)33-23-15-36(16-31-23)17-12-21(40-4)24(42-6)22(13-17)41-5/h12-13,15-16,20H,7-11,14H2,1-6H3,(H2,30,38)(H,32,33,34). The van der Waals surface area contributed by atoms with Crippen LogP contribution in [0.2, 0.25) is 0 Å². The van der Waals surface area contributed by atoms with E-state index in [1.807, 2.05) is 37.8 Å². The van der Waals surface area contributed by atoms with Crippen LogP contribution in [0, 0.1) is 0 Å². The summed E-state index contributed by atoms with van der Waals surface area (Å²) in [6.07, 6.45) is 4.94. The maximum Gasteiger partial charge on any atom is 0.410 e. The van der Waals surface area contributed by atoms with Gasteiger partial charge in [-0.1, -0.05) is 0 Å². The quantitative estimate of drug-likeness (QED) is 0.394. The number of carbonyl (C=O) groups is 2. The van der Waals surface area contributed by atoms with Gasteiger partial charge in [-0.05, 0) is 33.6 Å². The summed E-state index contributed by atoms with van der Waals surface area (Å²) in [5.41, 5.74) is 7.44. The summed E-state index contributed by atoms with van der Waals surface area (Å²) in [6, 6.07) is 3.13. The first-order valence-corrected chi connectivity index (χ1v) is 14.1. The van der Waals surface area contributed by atoms with Crippen molar-refractivity contribution in [3.63, 3.8) is 0 Å². The largest absolute Gasteiger partial charge is 0.493 e. The van der Waals surface area contributed by atoms with Crippen LogP contribution in [0.3, 0.4) is 0 Å². The number of imidazole rings is 1. The second-order valence-electron chi connectivity index (χ2n) is 11.4. The first-order chi connectivity index (χ1) is 20.5. The highest BCUT2D eigenvalue weighted by molar-refractivity contribution is 5.84. The maximum absolute atomic E-state index is 12.9. The molecule has 2 aromatic heterocycles. The van der Waals surface area contributed by atoms with Crippen molar-refractivity contribution in [1.82, 2.24) is 24.4 Å².